The van der Waals surface area contributed by atoms with E-state index in [0.29, 0.717) is 17.2 Å². The van der Waals surface area contributed by atoms with E-state index >= 15 is 0 Å². The first kappa shape index (κ1) is 17.7. The van der Waals surface area contributed by atoms with Crippen LogP contribution in [-0.4, -0.2) is 32.8 Å². The lowest BCUT2D eigenvalue weighted by Crippen LogP contribution is -2.34. The van der Waals surface area contributed by atoms with Gasteiger partial charge in [-0.2, -0.15) is 10.5 Å². The maximum absolute atomic E-state index is 9.68. The van der Waals surface area contributed by atoms with E-state index in [4.69, 9.17) is 5.26 Å². The molecule has 0 radical (unpaired) electrons. The first-order valence-corrected chi connectivity index (χ1v) is 9.19. The molecule has 1 aliphatic rings. The molecule has 0 amide bonds. The van der Waals surface area contributed by atoms with Crippen molar-refractivity contribution in [1.29, 1.82) is 10.5 Å². The lowest BCUT2D eigenvalue weighted by atomic mass is 9.93. The second kappa shape index (κ2) is 7.50. The van der Waals surface area contributed by atoms with E-state index in [9.17, 15) is 5.26 Å². The van der Waals surface area contributed by atoms with Gasteiger partial charge in [0.2, 0.25) is 0 Å². The Morgan fingerprint density at radius 1 is 1.07 bits per heavy atom. The number of anilines is 1. The van der Waals surface area contributed by atoms with E-state index in [1.54, 1.807) is 18.6 Å². The number of benzene rings is 1. The molecule has 1 aromatic carbocycles. The van der Waals surface area contributed by atoms with Gasteiger partial charge in [-0.15, -0.1) is 10.2 Å². The van der Waals surface area contributed by atoms with Gasteiger partial charge in [-0.3, -0.25) is 0 Å². The molecule has 28 heavy (non-hydrogen) atoms. The smallest absolute Gasteiger partial charge is 0.140 e. The molecule has 0 N–H and O–H groups in total. The van der Waals surface area contributed by atoms with Crippen molar-refractivity contribution in [2.75, 3.05) is 18.0 Å². The van der Waals surface area contributed by atoms with Crippen molar-refractivity contribution in [3.05, 3.63) is 59.9 Å². The summed E-state index contributed by atoms with van der Waals surface area (Å²) in [7, 11) is 1.97. The molecule has 7 heteroatoms. The first-order valence-electron chi connectivity index (χ1n) is 9.19. The summed E-state index contributed by atoms with van der Waals surface area (Å²) in [6, 6.07) is 13.7. The number of nitrogens with zero attached hydrogens (tertiary/aromatic N) is 7. The van der Waals surface area contributed by atoms with Crippen molar-refractivity contribution in [3.63, 3.8) is 0 Å². The minimum absolute atomic E-state index is 0.373. The second-order valence-electron chi connectivity index (χ2n) is 6.92. The number of nitriles is 2. The highest BCUT2D eigenvalue weighted by molar-refractivity contribution is 5.82. The third-order valence-corrected chi connectivity index (χ3v) is 5.27. The molecular weight excluding hydrogens is 350 g/mol. The van der Waals surface area contributed by atoms with E-state index in [2.05, 4.69) is 26.2 Å². The van der Waals surface area contributed by atoms with Crippen molar-refractivity contribution >= 4 is 5.69 Å². The summed E-state index contributed by atoms with van der Waals surface area (Å²) in [5.74, 6) is 1.39. The van der Waals surface area contributed by atoms with Crippen LogP contribution in [0.5, 0.6) is 0 Å². The van der Waals surface area contributed by atoms with Crippen molar-refractivity contribution < 1.29 is 0 Å². The van der Waals surface area contributed by atoms with E-state index in [1.807, 2.05) is 41.9 Å². The zero-order valence-corrected chi connectivity index (χ0v) is 15.6. The number of hydrogen-bond acceptors (Lipinski definition) is 6. The zero-order valence-electron chi connectivity index (χ0n) is 15.6. The van der Waals surface area contributed by atoms with Crippen molar-refractivity contribution in [2.45, 2.75) is 18.8 Å². The summed E-state index contributed by atoms with van der Waals surface area (Å²) in [5.41, 5.74) is 3.84. The predicted molar refractivity (Wildman–Crippen MR) is 104 cm³/mol. The summed E-state index contributed by atoms with van der Waals surface area (Å²) in [4.78, 5) is 6.47. The Kier molecular flexibility index (Phi) is 4.74. The molecule has 0 spiro atoms. The van der Waals surface area contributed by atoms with Crippen LogP contribution in [-0.2, 0) is 7.05 Å². The number of aromatic nitrogens is 4. The zero-order chi connectivity index (χ0) is 19.5. The summed E-state index contributed by atoms with van der Waals surface area (Å²) in [6.07, 6.45) is 5.35. The molecule has 138 valence electrons. The number of aryl methyl sites for hydroxylation is 1. The highest BCUT2D eigenvalue weighted by atomic mass is 15.3. The number of para-hydroxylation sites is 1. The van der Waals surface area contributed by atoms with Crippen LogP contribution in [0.15, 0.2) is 42.9 Å². The summed E-state index contributed by atoms with van der Waals surface area (Å²) < 4.78 is 1.98. The molecular formula is C21H19N7. The molecule has 0 saturated carbocycles. The molecule has 1 aliphatic heterocycles. The quantitative estimate of drug-likeness (QED) is 0.704. The Hall–Kier alpha value is -3.71. The van der Waals surface area contributed by atoms with Crippen molar-refractivity contribution in [1.82, 2.24) is 19.7 Å². The van der Waals surface area contributed by atoms with E-state index in [1.165, 1.54) is 0 Å². The van der Waals surface area contributed by atoms with Crippen LogP contribution in [0.1, 0.15) is 35.8 Å². The molecule has 0 aliphatic carbocycles. The molecule has 0 atom stereocenters. The monoisotopic (exact) mass is 369 g/mol. The average molecular weight is 369 g/mol. The SMILES string of the molecule is Cn1cnnc1C1CCN(c2c(C#N)cccc2-c2ccc(C#N)nc2)CC1. The predicted octanol–water partition coefficient (Wildman–Crippen LogP) is 3.00. The van der Waals surface area contributed by atoms with Crippen LogP contribution < -0.4 is 4.90 Å². The standard InChI is InChI=1S/C21H19N7/c1-27-14-25-26-21(27)15-7-9-28(10-8-15)20-16(11-22)3-2-4-19(20)17-5-6-18(12-23)24-13-17/h2-6,13-15H,7-10H2,1H3. The van der Waals surface area contributed by atoms with Crippen LogP contribution >= 0.6 is 0 Å². The summed E-state index contributed by atoms with van der Waals surface area (Å²) in [5, 5.41) is 26.9. The first-order chi connectivity index (χ1) is 13.7. The van der Waals surface area contributed by atoms with Gasteiger partial charge in [-0.25, -0.2) is 4.98 Å². The third-order valence-electron chi connectivity index (χ3n) is 5.27. The Balaban J connectivity index is 1.65. The number of pyridine rings is 1. The molecule has 2 aromatic heterocycles. The minimum Gasteiger partial charge on any atom is -0.370 e. The molecule has 4 rings (SSSR count). The average Bonchev–Trinajstić information content (AvgIpc) is 3.19. The van der Waals surface area contributed by atoms with Gasteiger partial charge in [0.1, 0.15) is 30.0 Å². The summed E-state index contributed by atoms with van der Waals surface area (Å²) >= 11 is 0. The molecule has 3 heterocycles. The molecule has 1 fully saturated rings. The topological polar surface area (TPSA) is 94.4 Å². The Morgan fingerprint density at radius 3 is 2.50 bits per heavy atom. The van der Waals surface area contributed by atoms with Gasteiger partial charge in [0.25, 0.3) is 0 Å². The van der Waals surface area contributed by atoms with Gasteiger partial charge in [0.05, 0.1) is 11.3 Å². The van der Waals surface area contributed by atoms with Crippen molar-refractivity contribution in [3.8, 4) is 23.3 Å². The number of rotatable bonds is 3. The van der Waals surface area contributed by atoms with Gasteiger partial charge < -0.3 is 9.47 Å². The number of piperidine rings is 1. The highest BCUT2D eigenvalue weighted by Gasteiger charge is 2.26. The summed E-state index contributed by atoms with van der Waals surface area (Å²) in [6.45, 7) is 1.68. The van der Waals surface area contributed by atoms with Crippen molar-refractivity contribution in [2.24, 2.45) is 7.05 Å². The lowest BCUT2D eigenvalue weighted by molar-refractivity contribution is 0.474. The van der Waals surface area contributed by atoms with Gasteiger partial charge >= 0.3 is 0 Å². The number of hydrogen-bond donors (Lipinski definition) is 0. The van der Waals surface area contributed by atoms with Crippen LogP contribution in [0.4, 0.5) is 5.69 Å². The third kappa shape index (κ3) is 3.19. The molecule has 3 aromatic rings. The minimum atomic E-state index is 0.373. The van der Waals surface area contributed by atoms with Crippen LogP contribution in [0.2, 0.25) is 0 Å². The van der Waals surface area contributed by atoms with Crippen LogP contribution in [0.3, 0.4) is 0 Å². The Labute approximate surface area is 163 Å². The Morgan fingerprint density at radius 2 is 1.89 bits per heavy atom. The van der Waals surface area contributed by atoms with E-state index < -0.39 is 0 Å². The van der Waals surface area contributed by atoms with Gasteiger partial charge in [0, 0.05) is 43.4 Å². The van der Waals surface area contributed by atoms with Crippen LogP contribution in [0, 0.1) is 22.7 Å². The normalized spacial score (nSPS) is 14.5. The fourth-order valence-corrected chi connectivity index (χ4v) is 3.85. The maximum Gasteiger partial charge on any atom is 0.140 e. The molecule has 0 unspecified atom stereocenters. The van der Waals surface area contributed by atoms with Gasteiger partial charge in [-0.05, 0) is 31.0 Å². The Bertz CT molecular complexity index is 1060. The molecule has 0 bridgehead atoms. The van der Waals surface area contributed by atoms with Gasteiger partial charge in [-0.1, -0.05) is 12.1 Å². The second-order valence-corrected chi connectivity index (χ2v) is 6.92. The van der Waals surface area contributed by atoms with E-state index in [-0.39, 0.29) is 0 Å². The van der Waals surface area contributed by atoms with Crippen LogP contribution in [0.25, 0.3) is 11.1 Å². The molecule has 1 saturated heterocycles. The largest absolute Gasteiger partial charge is 0.370 e. The van der Waals surface area contributed by atoms with E-state index in [0.717, 1.165) is 48.6 Å². The molecule has 7 nitrogen and oxygen atoms in total. The fourth-order valence-electron chi connectivity index (χ4n) is 3.85. The van der Waals surface area contributed by atoms with Gasteiger partial charge in [0.15, 0.2) is 0 Å². The highest BCUT2D eigenvalue weighted by Crippen LogP contribution is 2.37. The maximum atomic E-state index is 9.68. The fraction of sp³-hybridized carbons (Fsp3) is 0.286. The lowest BCUT2D eigenvalue weighted by Gasteiger charge is -2.35.